The van der Waals surface area contributed by atoms with E-state index in [2.05, 4.69) is 21.2 Å². The number of carbonyl (C=O) groups excluding carboxylic acids is 2. The summed E-state index contributed by atoms with van der Waals surface area (Å²) >= 11 is 0. The molecule has 3 N–H and O–H groups in total. The van der Waals surface area contributed by atoms with Crippen LogP contribution in [0.3, 0.4) is 0 Å². The van der Waals surface area contributed by atoms with Crippen LogP contribution >= 0.6 is 0 Å². The van der Waals surface area contributed by atoms with Crippen molar-refractivity contribution in [3.05, 3.63) is 35.6 Å². The molecular formula is C25H37FN4O2. The van der Waals surface area contributed by atoms with E-state index in [9.17, 15) is 14.0 Å². The number of halogens is 1. The van der Waals surface area contributed by atoms with Gasteiger partial charge in [-0.2, -0.15) is 0 Å². The van der Waals surface area contributed by atoms with Gasteiger partial charge in [0.15, 0.2) is 0 Å². The van der Waals surface area contributed by atoms with E-state index in [0.29, 0.717) is 6.54 Å². The summed E-state index contributed by atoms with van der Waals surface area (Å²) in [4.78, 5) is 28.5. The highest BCUT2D eigenvalue weighted by molar-refractivity contribution is 5.78. The SMILES string of the molecule is NC(=O)C1CCN(CC(=O)NC2CCN(CC3(c4cccc(F)c4)CCCC3)CC2)CC1. The summed E-state index contributed by atoms with van der Waals surface area (Å²) in [6, 6.07) is 7.40. The van der Waals surface area contributed by atoms with Gasteiger partial charge in [-0.25, -0.2) is 4.39 Å². The van der Waals surface area contributed by atoms with Crippen LogP contribution in [0.15, 0.2) is 24.3 Å². The number of primary amides is 1. The highest BCUT2D eigenvalue weighted by Crippen LogP contribution is 2.42. The van der Waals surface area contributed by atoms with E-state index in [0.717, 1.165) is 76.8 Å². The minimum Gasteiger partial charge on any atom is -0.369 e. The first-order valence-electron chi connectivity index (χ1n) is 12.2. The third kappa shape index (κ3) is 5.67. The summed E-state index contributed by atoms with van der Waals surface area (Å²) in [5.41, 5.74) is 6.60. The highest BCUT2D eigenvalue weighted by atomic mass is 19.1. The predicted octanol–water partition coefficient (Wildman–Crippen LogP) is 2.42. The molecule has 0 radical (unpaired) electrons. The molecule has 1 aliphatic carbocycles. The molecule has 1 aromatic rings. The average Bonchev–Trinajstić information content (AvgIpc) is 3.25. The van der Waals surface area contributed by atoms with Crippen LogP contribution in [0.25, 0.3) is 0 Å². The van der Waals surface area contributed by atoms with E-state index in [1.54, 1.807) is 6.07 Å². The summed E-state index contributed by atoms with van der Waals surface area (Å²) in [6.07, 6.45) is 8.06. The number of hydrogen-bond donors (Lipinski definition) is 2. The Kier molecular flexibility index (Phi) is 7.46. The van der Waals surface area contributed by atoms with E-state index >= 15 is 0 Å². The lowest BCUT2D eigenvalue weighted by molar-refractivity contribution is -0.124. The van der Waals surface area contributed by atoms with Crippen molar-refractivity contribution in [2.75, 3.05) is 39.3 Å². The standard InChI is InChI=1S/C25H37FN4O2/c26-21-5-3-4-20(16-21)25(10-1-2-11-25)18-30-14-8-22(9-15-30)28-23(31)17-29-12-6-19(7-13-29)24(27)32/h3-5,16,19,22H,1-2,6-15,17-18H2,(H2,27,32)(H,28,31). The minimum absolute atomic E-state index is 0.0471. The van der Waals surface area contributed by atoms with E-state index in [4.69, 9.17) is 5.73 Å². The van der Waals surface area contributed by atoms with Crippen molar-refractivity contribution in [1.29, 1.82) is 0 Å². The highest BCUT2D eigenvalue weighted by Gasteiger charge is 2.38. The number of benzene rings is 1. The summed E-state index contributed by atoms with van der Waals surface area (Å²) in [5.74, 6) is -0.339. The molecular weight excluding hydrogens is 407 g/mol. The van der Waals surface area contributed by atoms with Crippen LogP contribution in [0.2, 0.25) is 0 Å². The monoisotopic (exact) mass is 444 g/mol. The smallest absolute Gasteiger partial charge is 0.234 e. The second kappa shape index (κ2) is 10.3. The Hall–Kier alpha value is -1.99. The summed E-state index contributed by atoms with van der Waals surface area (Å²) < 4.78 is 13.9. The van der Waals surface area contributed by atoms with Crippen LogP contribution in [-0.4, -0.2) is 66.9 Å². The average molecular weight is 445 g/mol. The van der Waals surface area contributed by atoms with Crippen molar-refractivity contribution in [3.63, 3.8) is 0 Å². The van der Waals surface area contributed by atoms with Gasteiger partial charge in [-0.3, -0.25) is 14.5 Å². The number of amides is 2. The molecule has 2 amide bonds. The quantitative estimate of drug-likeness (QED) is 0.677. The Morgan fingerprint density at radius 2 is 1.69 bits per heavy atom. The molecule has 176 valence electrons. The van der Waals surface area contributed by atoms with Crippen LogP contribution in [0.5, 0.6) is 0 Å². The van der Waals surface area contributed by atoms with Crippen LogP contribution in [0.4, 0.5) is 4.39 Å². The number of nitrogens with zero attached hydrogens (tertiary/aromatic N) is 2. The van der Waals surface area contributed by atoms with E-state index < -0.39 is 0 Å². The molecule has 2 aliphatic heterocycles. The fourth-order valence-electron chi connectivity index (χ4n) is 5.92. The number of likely N-dealkylation sites (tertiary alicyclic amines) is 2. The van der Waals surface area contributed by atoms with Crippen LogP contribution in [0, 0.1) is 11.7 Å². The number of nitrogens with two attached hydrogens (primary N) is 1. The first-order valence-corrected chi connectivity index (χ1v) is 12.2. The molecule has 2 saturated heterocycles. The Balaban J connectivity index is 1.23. The van der Waals surface area contributed by atoms with Gasteiger partial charge in [-0.1, -0.05) is 25.0 Å². The van der Waals surface area contributed by atoms with Crippen molar-refractivity contribution in [2.24, 2.45) is 11.7 Å². The van der Waals surface area contributed by atoms with Gasteiger partial charge in [-0.15, -0.1) is 0 Å². The maximum atomic E-state index is 13.9. The first kappa shape index (κ1) is 23.2. The van der Waals surface area contributed by atoms with Crippen molar-refractivity contribution in [2.45, 2.75) is 62.8 Å². The number of hydrogen-bond acceptors (Lipinski definition) is 4. The zero-order chi connectivity index (χ0) is 22.6. The fourth-order valence-corrected chi connectivity index (χ4v) is 5.92. The van der Waals surface area contributed by atoms with Gasteiger partial charge in [0.25, 0.3) is 0 Å². The molecule has 4 rings (SSSR count). The number of piperidine rings is 2. The predicted molar refractivity (Wildman–Crippen MR) is 123 cm³/mol. The van der Waals surface area contributed by atoms with Crippen molar-refractivity contribution >= 4 is 11.8 Å². The zero-order valence-corrected chi connectivity index (χ0v) is 19.0. The molecule has 1 saturated carbocycles. The third-order valence-corrected chi connectivity index (χ3v) is 7.83. The van der Waals surface area contributed by atoms with E-state index in [1.165, 1.54) is 18.9 Å². The zero-order valence-electron chi connectivity index (χ0n) is 19.0. The van der Waals surface area contributed by atoms with Crippen molar-refractivity contribution in [3.8, 4) is 0 Å². The molecule has 0 spiro atoms. The minimum atomic E-state index is -0.224. The second-order valence-corrected chi connectivity index (χ2v) is 10.1. The van der Waals surface area contributed by atoms with E-state index in [-0.39, 0.29) is 35.0 Å². The van der Waals surface area contributed by atoms with Gasteiger partial charge in [-0.05, 0) is 69.3 Å². The van der Waals surface area contributed by atoms with Gasteiger partial charge < -0.3 is 16.0 Å². The van der Waals surface area contributed by atoms with E-state index in [1.807, 2.05) is 6.07 Å². The molecule has 1 aromatic carbocycles. The van der Waals surface area contributed by atoms with Gasteiger partial charge in [0, 0.05) is 37.0 Å². The van der Waals surface area contributed by atoms with Crippen molar-refractivity contribution < 1.29 is 14.0 Å². The Morgan fingerprint density at radius 3 is 2.31 bits per heavy atom. The lowest BCUT2D eigenvalue weighted by atomic mass is 9.78. The maximum absolute atomic E-state index is 13.9. The van der Waals surface area contributed by atoms with Crippen LogP contribution in [-0.2, 0) is 15.0 Å². The molecule has 32 heavy (non-hydrogen) atoms. The number of rotatable bonds is 7. The molecule has 0 unspecified atom stereocenters. The lowest BCUT2D eigenvalue weighted by Crippen LogP contribution is -2.50. The Labute approximate surface area is 190 Å². The maximum Gasteiger partial charge on any atom is 0.234 e. The molecule has 3 aliphatic rings. The second-order valence-electron chi connectivity index (χ2n) is 10.1. The molecule has 0 aromatic heterocycles. The summed E-state index contributed by atoms with van der Waals surface area (Å²) in [5, 5.41) is 3.21. The van der Waals surface area contributed by atoms with Gasteiger partial charge >= 0.3 is 0 Å². The number of carbonyl (C=O) groups is 2. The molecule has 6 nitrogen and oxygen atoms in total. The molecule has 0 atom stereocenters. The van der Waals surface area contributed by atoms with Crippen molar-refractivity contribution in [1.82, 2.24) is 15.1 Å². The molecule has 7 heteroatoms. The molecule has 2 heterocycles. The Morgan fingerprint density at radius 1 is 1.03 bits per heavy atom. The summed E-state index contributed by atoms with van der Waals surface area (Å²) in [6.45, 7) is 4.81. The molecule has 3 fully saturated rings. The van der Waals surface area contributed by atoms with Gasteiger partial charge in [0.2, 0.25) is 11.8 Å². The van der Waals surface area contributed by atoms with Crippen LogP contribution in [0.1, 0.15) is 56.9 Å². The molecule has 0 bridgehead atoms. The van der Waals surface area contributed by atoms with Crippen LogP contribution < -0.4 is 11.1 Å². The van der Waals surface area contributed by atoms with Gasteiger partial charge in [0.1, 0.15) is 5.82 Å². The number of nitrogens with one attached hydrogen (secondary N) is 1. The first-order chi connectivity index (χ1) is 15.4. The normalized spacial score (nSPS) is 23.3. The Bertz CT molecular complexity index is 795. The lowest BCUT2D eigenvalue weighted by Gasteiger charge is -2.40. The fraction of sp³-hybridized carbons (Fsp3) is 0.680. The van der Waals surface area contributed by atoms with Gasteiger partial charge in [0.05, 0.1) is 6.54 Å². The summed E-state index contributed by atoms with van der Waals surface area (Å²) in [7, 11) is 0. The largest absolute Gasteiger partial charge is 0.369 e. The topological polar surface area (TPSA) is 78.7 Å². The third-order valence-electron chi connectivity index (χ3n) is 7.83.